The van der Waals surface area contributed by atoms with Crippen LogP contribution in [0.25, 0.3) is 78.9 Å². The SMILES string of the molecule is Cc1cncc2cc(-c3cnc4ccc(N(C)C5CCC(C)CC5)nn34)sc12.Cc1cncc2cc(-c3cnc4ccc(N(C)C5CCC(O)CC5)nn34)sc12.OC1CCC(Nc2ccc3ncc(-c4cc5ccncc5s4)n3n2)CC1. The van der Waals surface area contributed by atoms with Gasteiger partial charge in [0, 0.05) is 89.6 Å². The fourth-order valence-corrected chi connectivity index (χ4v) is 15.1. The third-order valence-corrected chi connectivity index (χ3v) is 20.6. The summed E-state index contributed by atoms with van der Waals surface area (Å²) in [5.41, 5.74) is 8.00. The van der Waals surface area contributed by atoms with Crippen LogP contribution in [-0.2, 0) is 0 Å². The molecule has 12 aromatic rings. The fourth-order valence-electron chi connectivity index (χ4n) is 11.9. The van der Waals surface area contributed by atoms with Crippen LogP contribution in [0, 0.1) is 19.8 Å². The summed E-state index contributed by atoms with van der Waals surface area (Å²) in [6.45, 7) is 6.57. The maximum Gasteiger partial charge on any atom is 0.154 e. The minimum atomic E-state index is -0.147. The predicted octanol–water partition coefficient (Wildman–Crippen LogP) is 13.1. The lowest BCUT2D eigenvalue weighted by Gasteiger charge is -2.34. The zero-order chi connectivity index (χ0) is 56.0. The molecule has 3 fully saturated rings. The molecule has 0 aliphatic heterocycles. The van der Waals surface area contributed by atoms with Gasteiger partial charge in [0.15, 0.2) is 16.9 Å². The van der Waals surface area contributed by atoms with E-state index in [0.29, 0.717) is 18.1 Å². The van der Waals surface area contributed by atoms with Crippen LogP contribution in [0.3, 0.4) is 0 Å². The summed E-state index contributed by atoms with van der Waals surface area (Å²) in [7, 11) is 4.28. The van der Waals surface area contributed by atoms with Gasteiger partial charge < -0.3 is 25.3 Å². The molecule has 0 bridgehead atoms. The van der Waals surface area contributed by atoms with Crippen molar-refractivity contribution >= 4 is 98.7 Å². The number of anilines is 3. The number of imidazole rings is 3. The van der Waals surface area contributed by atoms with E-state index in [1.54, 1.807) is 34.0 Å². The molecule has 3 aliphatic rings. The maximum atomic E-state index is 9.78. The smallest absolute Gasteiger partial charge is 0.154 e. The summed E-state index contributed by atoms with van der Waals surface area (Å²) in [5.74, 6) is 3.66. The van der Waals surface area contributed by atoms with Crippen LogP contribution < -0.4 is 15.1 Å². The van der Waals surface area contributed by atoms with E-state index in [9.17, 15) is 10.2 Å². The highest BCUT2D eigenvalue weighted by atomic mass is 32.1. The van der Waals surface area contributed by atoms with E-state index in [1.165, 1.54) is 61.9 Å². The number of nitrogens with zero attached hydrogens (tertiary/aromatic N) is 14. The van der Waals surface area contributed by atoms with Gasteiger partial charge in [-0.1, -0.05) is 6.92 Å². The van der Waals surface area contributed by atoms with Crippen LogP contribution in [0.1, 0.15) is 95.1 Å². The Labute approximate surface area is 487 Å². The molecule has 0 saturated heterocycles. The zero-order valence-electron chi connectivity index (χ0n) is 46.8. The first-order valence-corrected chi connectivity index (χ1v) is 31.1. The molecule has 0 amide bonds. The molecule has 0 radical (unpaired) electrons. The Hall–Kier alpha value is -7.49. The van der Waals surface area contributed by atoms with Crippen molar-refractivity contribution in [1.29, 1.82) is 0 Å². The van der Waals surface area contributed by atoms with Crippen molar-refractivity contribution in [2.75, 3.05) is 29.2 Å². The average Bonchev–Trinajstić information content (AvgIpc) is 4.58. The topological polar surface area (TPSA) is 188 Å². The number of aromatic nitrogens is 12. The third-order valence-electron chi connectivity index (χ3n) is 16.9. The van der Waals surface area contributed by atoms with Gasteiger partial charge in [0.05, 0.1) is 50.1 Å². The molecule has 0 spiro atoms. The molecule has 420 valence electrons. The number of aliphatic hydroxyl groups excluding tert-OH is 2. The summed E-state index contributed by atoms with van der Waals surface area (Å²) in [6.07, 6.45) is 29.3. The number of aryl methyl sites for hydroxylation is 2. The van der Waals surface area contributed by atoms with Crippen molar-refractivity contribution in [3.63, 3.8) is 0 Å². The lowest BCUT2D eigenvalue weighted by atomic mass is 9.87. The normalized spacial score (nSPS) is 20.3. The second kappa shape index (κ2) is 23.0. The van der Waals surface area contributed by atoms with Crippen molar-refractivity contribution in [1.82, 2.24) is 58.7 Å². The Morgan fingerprint density at radius 2 is 0.951 bits per heavy atom. The standard InChI is InChI=1S/C22H25N5S.C21H23N5OS.C19H19N5OS/c1-14-4-6-17(7-5-14)26(3)21-9-8-20-24-13-18(27(20)25-21)19-10-16-12-23-11-15(2)22(16)28-19;1-13-10-22-11-14-9-18(28-21(13)14)17-12-23-19-7-8-20(24-26(17)19)25(2)15-3-5-16(27)6-4-15;25-14-3-1-13(2-4-14)22-18-5-6-19-21-10-15(24(19)23-18)16-9-12-7-8-20-11-17(12)26-16/h8-14,17H,4-7H2,1-3H3;7-12,15-16,27H,3-6H2,1-2H3;5-11,13-14,25H,1-4H2,(H,22,23). The molecule has 0 unspecified atom stereocenters. The Balaban J connectivity index is 0.000000116. The van der Waals surface area contributed by atoms with Crippen LogP contribution in [0.4, 0.5) is 17.5 Å². The Morgan fingerprint density at radius 1 is 0.488 bits per heavy atom. The molecular weight excluding hydrogens is 1080 g/mol. The van der Waals surface area contributed by atoms with Crippen LogP contribution in [0.15, 0.2) is 116 Å². The number of thiophene rings is 3. The van der Waals surface area contributed by atoms with Crippen LogP contribution >= 0.6 is 34.0 Å². The highest BCUT2D eigenvalue weighted by Crippen LogP contribution is 2.38. The van der Waals surface area contributed by atoms with Gasteiger partial charge in [0.25, 0.3) is 0 Å². The van der Waals surface area contributed by atoms with Gasteiger partial charge >= 0.3 is 0 Å². The fraction of sp³-hybridized carbons (Fsp3) is 0.371. The quantitative estimate of drug-likeness (QED) is 0.124. The van der Waals surface area contributed by atoms with Crippen LogP contribution in [0.5, 0.6) is 0 Å². The van der Waals surface area contributed by atoms with Gasteiger partial charge in [-0.25, -0.2) is 28.5 Å². The molecule has 0 atom stereocenters. The zero-order valence-corrected chi connectivity index (χ0v) is 49.2. The van der Waals surface area contributed by atoms with E-state index in [-0.39, 0.29) is 12.2 Å². The van der Waals surface area contributed by atoms with Crippen molar-refractivity contribution in [2.45, 2.75) is 128 Å². The number of nitrogens with one attached hydrogen (secondary N) is 1. The summed E-state index contributed by atoms with van der Waals surface area (Å²) >= 11 is 5.24. The Morgan fingerprint density at radius 3 is 1.46 bits per heavy atom. The summed E-state index contributed by atoms with van der Waals surface area (Å²) in [4.78, 5) is 34.5. The second-order valence-electron chi connectivity index (χ2n) is 22.6. The monoisotopic (exact) mass is 1150 g/mol. The van der Waals surface area contributed by atoms with E-state index >= 15 is 0 Å². The molecule has 3 N–H and O–H groups in total. The first-order chi connectivity index (χ1) is 40.0. The number of aliphatic hydroxyl groups is 2. The molecule has 17 nitrogen and oxygen atoms in total. The van der Waals surface area contributed by atoms with Crippen molar-refractivity contribution in [3.8, 4) is 31.7 Å². The van der Waals surface area contributed by atoms with E-state index in [2.05, 4.69) is 110 Å². The minimum absolute atomic E-state index is 0.147. The molecule has 12 heterocycles. The Bertz CT molecular complexity index is 3980. The van der Waals surface area contributed by atoms with Crippen LogP contribution in [-0.4, -0.2) is 113 Å². The Kier molecular flexibility index (Phi) is 15.1. The lowest BCUT2D eigenvalue weighted by molar-refractivity contribution is 0.122. The van der Waals surface area contributed by atoms with Gasteiger partial charge in [-0.05, 0) is 174 Å². The largest absolute Gasteiger partial charge is 0.393 e. The van der Waals surface area contributed by atoms with E-state index in [1.807, 2.05) is 99.6 Å². The lowest BCUT2D eigenvalue weighted by Crippen LogP contribution is -2.37. The highest BCUT2D eigenvalue weighted by Gasteiger charge is 2.26. The van der Waals surface area contributed by atoms with E-state index < -0.39 is 0 Å². The first kappa shape index (κ1) is 53.8. The predicted molar refractivity (Wildman–Crippen MR) is 333 cm³/mol. The average molecular weight is 1150 g/mol. The van der Waals surface area contributed by atoms with Gasteiger partial charge in [-0.3, -0.25) is 15.0 Å². The molecule has 82 heavy (non-hydrogen) atoms. The summed E-state index contributed by atoms with van der Waals surface area (Å²) in [6, 6.07) is 22.1. The van der Waals surface area contributed by atoms with Gasteiger partial charge in [-0.15, -0.1) is 49.3 Å². The second-order valence-corrected chi connectivity index (χ2v) is 25.8. The van der Waals surface area contributed by atoms with Gasteiger partial charge in [-0.2, -0.15) is 0 Å². The first-order valence-electron chi connectivity index (χ1n) is 28.6. The summed E-state index contributed by atoms with van der Waals surface area (Å²) < 4.78 is 9.53. The summed E-state index contributed by atoms with van der Waals surface area (Å²) in [5, 5.41) is 41.1. The highest BCUT2D eigenvalue weighted by molar-refractivity contribution is 7.23. The molecule has 15 rings (SSSR count). The molecule has 12 aromatic heterocycles. The van der Waals surface area contributed by atoms with Crippen molar-refractivity contribution in [3.05, 3.63) is 128 Å². The molecule has 3 aliphatic carbocycles. The minimum Gasteiger partial charge on any atom is -0.393 e. The van der Waals surface area contributed by atoms with Crippen molar-refractivity contribution < 1.29 is 10.2 Å². The molecule has 3 saturated carbocycles. The third kappa shape index (κ3) is 11.0. The van der Waals surface area contributed by atoms with E-state index in [4.69, 9.17) is 15.3 Å². The molecule has 20 heteroatoms. The molecule has 0 aromatic carbocycles. The number of pyridine rings is 3. The number of fused-ring (bicyclic) bond motifs is 6. The van der Waals surface area contributed by atoms with Crippen LogP contribution in [0.2, 0.25) is 0 Å². The van der Waals surface area contributed by atoms with Gasteiger partial charge in [0.2, 0.25) is 0 Å². The van der Waals surface area contributed by atoms with Crippen molar-refractivity contribution in [2.24, 2.45) is 5.92 Å². The number of hydrogen-bond donors (Lipinski definition) is 3. The number of rotatable bonds is 9. The molecular formula is C62H67N15O2S3. The maximum absolute atomic E-state index is 9.78. The van der Waals surface area contributed by atoms with Gasteiger partial charge in [0.1, 0.15) is 34.5 Å². The van der Waals surface area contributed by atoms with E-state index in [0.717, 1.165) is 129 Å². The number of hydrogen-bond acceptors (Lipinski definition) is 17.